The third-order valence-electron chi connectivity index (χ3n) is 3.64. The predicted octanol–water partition coefficient (Wildman–Crippen LogP) is 3.40. The van der Waals surface area contributed by atoms with Gasteiger partial charge < -0.3 is 4.90 Å². The molecule has 1 heterocycles. The van der Waals surface area contributed by atoms with Crippen LogP contribution in [0.3, 0.4) is 0 Å². The summed E-state index contributed by atoms with van der Waals surface area (Å²) in [4.78, 5) is 22.6. The van der Waals surface area contributed by atoms with Gasteiger partial charge in [0.15, 0.2) is 0 Å². The molecule has 4 nitrogen and oxygen atoms in total. The van der Waals surface area contributed by atoms with Crippen LogP contribution in [0.15, 0.2) is 43.0 Å². The van der Waals surface area contributed by atoms with Crippen molar-refractivity contribution in [3.8, 4) is 0 Å². The number of hydrogen-bond acceptors (Lipinski definition) is 3. The van der Waals surface area contributed by atoms with Crippen LogP contribution in [-0.2, 0) is 17.8 Å². The van der Waals surface area contributed by atoms with Gasteiger partial charge in [-0.2, -0.15) is 0 Å². The number of carbonyl (C=O) groups is 1. The van der Waals surface area contributed by atoms with Gasteiger partial charge in [-0.3, -0.25) is 4.79 Å². The second kappa shape index (κ2) is 8.42. The molecule has 1 aromatic carbocycles. The Morgan fingerprint density at radius 3 is 2.57 bits per heavy atom. The lowest BCUT2D eigenvalue weighted by atomic mass is 10.1. The van der Waals surface area contributed by atoms with Crippen LogP contribution in [0.5, 0.6) is 0 Å². The fraction of sp³-hybridized carbons (Fsp3) is 0.421. The molecule has 0 saturated heterocycles. The maximum absolute atomic E-state index is 12.6. The molecular weight excluding hydrogens is 286 g/mol. The van der Waals surface area contributed by atoms with Gasteiger partial charge in [-0.25, -0.2) is 9.97 Å². The van der Waals surface area contributed by atoms with Crippen LogP contribution in [0.2, 0.25) is 0 Å². The van der Waals surface area contributed by atoms with E-state index in [0.29, 0.717) is 25.3 Å². The first-order valence-electron chi connectivity index (χ1n) is 8.12. The molecular formula is C19H25N3O. The number of hydrogen-bond donors (Lipinski definition) is 0. The first-order chi connectivity index (χ1) is 11.0. The van der Waals surface area contributed by atoms with Gasteiger partial charge in [-0.05, 0) is 30.4 Å². The minimum Gasteiger partial charge on any atom is -0.338 e. The maximum Gasteiger partial charge on any atom is 0.223 e. The molecule has 0 bridgehead atoms. The zero-order valence-electron chi connectivity index (χ0n) is 14.2. The fourth-order valence-electron chi connectivity index (χ4n) is 2.59. The number of aryl methyl sites for hydroxylation is 2. The second-order valence-corrected chi connectivity index (χ2v) is 6.40. The van der Waals surface area contributed by atoms with Crippen LogP contribution in [0.25, 0.3) is 0 Å². The summed E-state index contributed by atoms with van der Waals surface area (Å²) in [6.45, 7) is 7.80. The first-order valence-corrected chi connectivity index (χ1v) is 8.12. The lowest BCUT2D eigenvalue weighted by molar-refractivity contribution is -0.132. The van der Waals surface area contributed by atoms with Gasteiger partial charge in [0.05, 0.1) is 0 Å². The van der Waals surface area contributed by atoms with E-state index in [-0.39, 0.29) is 5.91 Å². The van der Waals surface area contributed by atoms with Crippen LogP contribution in [0.4, 0.5) is 0 Å². The summed E-state index contributed by atoms with van der Waals surface area (Å²) in [5.41, 5.74) is 3.41. The van der Waals surface area contributed by atoms with E-state index in [1.54, 1.807) is 12.4 Å². The topological polar surface area (TPSA) is 46.1 Å². The van der Waals surface area contributed by atoms with Crippen molar-refractivity contribution in [3.05, 3.63) is 59.7 Å². The normalized spacial score (nSPS) is 10.8. The zero-order chi connectivity index (χ0) is 16.7. The molecule has 0 atom stereocenters. The summed E-state index contributed by atoms with van der Waals surface area (Å²) >= 11 is 0. The molecule has 0 radical (unpaired) electrons. The second-order valence-electron chi connectivity index (χ2n) is 6.40. The number of carbonyl (C=O) groups excluding carboxylic acids is 1. The number of aromatic nitrogens is 2. The highest BCUT2D eigenvalue weighted by Crippen LogP contribution is 2.12. The molecule has 0 saturated carbocycles. The van der Waals surface area contributed by atoms with Crippen LogP contribution < -0.4 is 0 Å². The van der Waals surface area contributed by atoms with Gasteiger partial charge >= 0.3 is 0 Å². The summed E-state index contributed by atoms with van der Waals surface area (Å²) < 4.78 is 0. The molecule has 2 rings (SSSR count). The quantitative estimate of drug-likeness (QED) is 0.787. The minimum absolute atomic E-state index is 0.184. The molecule has 1 amide bonds. The van der Waals surface area contributed by atoms with Crippen LogP contribution in [0, 0.1) is 12.8 Å². The molecule has 2 aromatic rings. The number of amides is 1. The van der Waals surface area contributed by atoms with Crippen molar-refractivity contribution >= 4 is 5.91 Å². The average molecular weight is 311 g/mol. The fourth-order valence-corrected chi connectivity index (χ4v) is 2.59. The van der Waals surface area contributed by atoms with E-state index in [4.69, 9.17) is 0 Å². The third-order valence-corrected chi connectivity index (χ3v) is 3.64. The molecule has 0 aliphatic rings. The molecule has 0 unspecified atom stereocenters. The van der Waals surface area contributed by atoms with E-state index in [9.17, 15) is 4.79 Å². The Balaban J connectivity index is 2.00. The van der Waals surface area contributed by atoms with Gasteiger partial charge in [0.1, 0.15) is 6.33 Å². The Morgan fingerprint density at radius 2 is 1.91 bits per heavy atom. The van der Waals surface area contributed by atoms with Crippen molar-refractivity contribution in [1.82, 2.24) is 14.9 Å². The molecule has 0 fully saturated rings. The molecule has 4 heteroatoms. The van der Waals surface area contributed by atoms with Crippen molar-refractivity contribution in [1.29, 1.82) is 0 Å². The summed E-state index contributed by atoms with van der Waals surface area (Å²) in [5, 5.41) is 0. The van der Waals surface area contributed by atoms with E-state index >= 15 is 0 Å². The van der Waals surface area contributed by atoms with E-state index in [0.717, 1.165) is 12.1 Å². The molecule has 1 aromatic heterocycles. The molecule has 122 valence electrons. The predicted molar refractivity (Wildman–Crippen MR) is 91.8 cm³/mol. The molecule has 0 N–H and O–H groups in total. The van der Waals surface area contributed by atoms with Gasteiger partial charge in [0.25, 0.3) is 0 Å². The van der Waals surface area contributed by atoms with Crippen LogP contribution in [0.1, 0.15) is 37.0 Å². The smallest absolute Gasteiger partial charge is 0.223 e. The lowest BCUT2D eigenvalue weighted by Gasteiger charge is -2.25. The third kappa shape index (κ3) is 5.81. The van der Waals surface area contributed by atoms with Crippen molar-refractivity contribution < 1.29 is 4.79 Å². The largest absolute Gasteiger partial charge is 0.338 e. The monoisotopic (exact) mass is 311 g/mol. The highest BCUT2D eigenvalue weighted by Gasteiger charge is 2.15. The minimum atomic E-state index is 0.184. The highest BCUT2D eigenvalue weighted by atomic mass is 16.2. The van der Waals surface area contributed by atoms with Crippen molar-refractivity contribution in [3.63, 3.8) is 0 Å². The summed E-state index contributed by atoms with van der Waals surface area (Å²) in [6.07, 6.45) is 6.23. The molecule has 23 heavy (non-hydrogen) atoms. The zero-order valence-corrected chi connectivity index (χ0v) is 14.2. The maximum atomic E-state index is 12.6. The molecule has 0 aliphatic heterocycles. The van der Waals surface area contributed by atoms with E-state index in [1.807, 2.05) is 11.0 Å². The van der Waals surface area contributed by atoms with Crippen molar-refractivity contribution in [2.24, 2.45) is 5.92 Å². The Hall–Kier alpha value is -2.23. The van der Waals surface area contributed by atoms with E-state index < -0.39 is 0 Å². The Morgan fingerprint density at radius 1 is 1.17 bits per heavy atom. The number of benzene rings is 1. The Bertz CT molecular complexity index is 626. The molecule has 0 aliphatic carbocycles. The molecule has 0 spiro atoms. The Labute approximate surface area is 138 Å². The number of nitrogens with zero attached hydrogens (tertiary/aromatic N) is 3. The van der Waals surface area contributed by atoms with Gasteiger partial charge in [0, 0.05) is 31.9 Å². The number of rotatable bonds is 7. The van der Waals surface area contributed by atoms with Crippen LogP contribution >= 0.6 is 0 Å². The first kappa shape index (κ1) is 17.1. The summed E-state index contributed by atoms with van der Waals surface area (Å²) in [5.74, 6) is 0.632. The van der Waals surface area contributed by atoms with E-state index in [1.165, 1.54) is 17.5 Å². The van der Waals surface area contributed by atoms with Gasteiger partial charge in [0.2, 0.25) is 5.91 Å². The van der Waals surface area contributed by atoms with Crippen molar-refractivity contribution in [2.75, 3.05) is 6.54 Å². The standard InChI is InChI=1S/C19H25N3O/c1-15(2)12-22(13-17-6-4-5-16(3)9-17)19(23)8-7-18-10-20-14-21-11-18/h4-6,9-11,14-15H,7-8,12-13H2,1-3H3. The SMILES string of the molecule is Cc1cccc(CN(CC(C)C)C(=O)CCc2cncnc2)c1. The van der Waals surface area contributed by atoms with Crippen molar-refractivity contribution in [2.45, 2.75) is 40.2 Å². The van der Waals surface area contributed by atoms with E-state index in [2.05, 4.69) is 48.9 Å². The summed E-state index contributed by atoms with van der Waals surface area (Å²) in [6, 6.07) is 8.35. The lowest BCUT2D eigenvalue weighted by Crippen LogP contribution is -2.33. The highest BCUT2D eigenvalue weighted by molar-refractivity contribution is 5.76. The van der Waals surface area contributed by atoms with Gasteiger partial charge in [-0.1, -0.05) is 43.7 Å². The average Bonchev–Trinajstić information content (AvgIpc) is 2.52. The van der Waals surface area contributed by atoms with Crippen LogP contribution in [-0.4, -0.2) is 27.3 Å². The Kier molecular flexibility index (Phi) is 6.27. The summed E-state index contributed by atoms with van der Waals surface area (Å²) in [7, 11) is 0. The van der Waals surface area contributed by atoms with Gasteiger partial charge in [-0.15, -0.1) is 0 Å².